The molecule has 1 aliphatic rings. The van der Waals surface area contributed by atoms with Crippen molar-refractivity contribution in [2.24, 2.45) is 5.92 Å². The van der Waals surface area contributed by atoms with Gasteiger partial charge in [-0.2, -0.15) is 0 Å². The highest BCUT2D eigenvalue weighted by Gasteiger charge is 2.23. The summed E-state index contributed by atoms with van der Waals surface area (Å²) in [4.78, 5) is 13.9. The Morgan fingerprint density at radius 2 is 2.00 bits per heavy atom. The van der Waals surface area contributed by atoms with Crippen LogP contribution in [0.4, 0.5) is 0 Å². The number of benzene rings is 1. The van der Waals surface area contributed by atoms with Gasteiger partial charge in [0.05, 0.1) is 0 Å². The maximum atomic E-state index is 11.9. The highest BCUT2D eigenvalue weighted by atomic mass is 35.5. The second-order valence-corrected chi connectivity index (χ2v) is 6.71. The lowest BCUT2D eigenvalue weighted by Gasteiger charge is -2.33. The molecule has 116 valence electrons. The van der Waals surface area contributed by atoms with Crippen molar-refractivity contribution in [2.45, 2.75) is 39.3 Å². The smallest absolute Gasteiger partial charge is 0.225 e. The molecule has 2 rings (SSSR count). The van der Waals surface area contributed by atoms with Crippen LogP contribution < -0.4 is 5.32 Å². The second kappa shape index (κ2) is 7.48. The third-order valence-electron chi connectivity index (χ3n) is 3.89. The van der Waals surface area contributed by atoms with Crippen LogP contribution in [0.5, 0.6) is 0 Å². The van der Waals surface area contributed by atoms with Crippen molar-refractivity contribution in [3.05, 3.63) is 33.8 Å². The summed E-state index contributed by atoms with van der Waals surface area (Å²) >= 11 is 12.2. The average molecular weight is 329 g/mol. The fraction of sp³-hybridized carbons (Fsp3) is 0.562. The number of hydrogen-bond acceptors (Lipinski definition) is 2. The van der Waals surface area contributed by atoms with Crippen molar-refractivity contribution in [1.29, 1.82) is 0 Å². The normalized spacial score (nSPS) is 16.5. The molecule has 1 aliphatic heterocycles. The van der Waals surface area contributed by atoms with Crippen LogP contribution in [-0.4, -0.2) is 29.9 Å². The minimum atomic E-state index is 0.0831. The number of nitrogens with zero attached hydrogens (tertiary/aromatic N) is 1. The highest BCUT2D eigenvalue weighted by molar-refractivity contribution is 6.33. The lowest BCUT2D eigenvalue weighted by atomic mass is 10.0. The van der Waals surface area contributed by atoms with Gasteiger partial charge in [-0.1, -0.05) is 37.0 Å². The van der Waals surface area contributed by atoms with Crippen molar-refractivity contribution >= 4 is 29.1 Å². The van der Waals surface area contributed by atoms with E-state index in [-0.39, 0.29) is 11.8 Å². The number of likely N-dealkylation sites (tertiary alicyclic amines) is 1. The molecule has 1 heterocycles. The summed E-state index contributed by atoms with van der Waals surface area (Å²) < 4.78 is 0. The Labute approximate surface area is 136 Å². The predicted molar refractivity (Wildman–Crippen MR) is 87.7 cm³/mol. The molecule has 1 fully saturated rings. The molecule has 1 amide bonds. The Morgan fingerprint density at radius 1 is 1.33 bits per heavy atom. The Morgan fingerprint density at radius 3 is 2.62 bits per heavy atom. The molecule has 0 radical (unpaired) electrons. The molecule has 0 bridgehead atoms. The number of nitrogens with one attached hydrogen (secondary N) is 1. The minimum Gasteiger partial charge on any atom is -0.342 e. The van der Waals surface area contributed by atoms with Gasteiger partial charge in [0.1, 0.15) is 0 Å². The number of carbonyl (C=O) groups excluding carboxylic acids is 1. The van der Waals surface area contributed by atoms with E-state index >= 15 is 0 Å². The topological polar surface area (TPSA) is 32.3 Å². The summed E-state index contributed by atoms with van der Waals surface area (Å²) in [6, 6.07) is 5.94. The van der Waals surface area contributed by atoms with Crippen molar-refractivity contribution in [1.82, 2.24) is 10.2 Å². The van der Waals surface area contributed by atoms with Gasteiger partial charge in [0, 0.05) is 41.6 Å². The zero-order valence-corrected chi connectivity index (χ0v) is 14.0. The molecule has 21 heavy (non-hydrogen) atoms. The van der Waals surface area contributed by atoms with Crippen molar-refractivity contribution < 1.29 is 4.79 Å². The maximum absolute atomic E-state index is 11.9. The molecule has 0 spiro atoms. The third-order valence-corrected chi connectivity index (χ3v) is 4.49. The fourth-order valence-electron chi connectivity index (χ4n) is 2.60. The summed E-state index contributed by atoms with van der Waals surface area (Å²) in [5, 5.41) is 4.95. The SMILES string of the molecule is CC(C)C(=O)N1CCC(NCc2cc(Cl)ccc2Cl)CC1. The number of amides is 1. The number of carbonyl (C=O) groups is 1. The maximum Gasteiger partial charge on any atom is 0.225 e. The summed E-state index contributed by atoms with van der Waals surface area (Å²) in [5.74, 6) is 0.339. The van der Waals surface area contributed by atoms with Crippen LogP contribution in [0, 0.1) is 5.92 Å². The van der Waals surface area contributed by atoms with Crippen LogP contribution in [-0.2, 0) is 11.3 Å². The molecule has 0 saturated carbocycles. The Hall–Kier alpha value is -0.770. The Kier molecular flexibility index (Phi) is 5.91. The van der Waals surface area contributed by atoms with E-state index in [0.29, 0.717) is 17.6 Å². The summed E-state index contributed by atoms with van der Waals surface area (Å²) in [5.41, 5.74) is 1.02. The molecule has 5 heteroatoms. The van der Waals surface area contributed by atoms with Gasteiger partial charge in [-0.15, -0.1) is 0 Å². The van der Waals surface area contributed by atoms with Gasteiger partial charge in [-0.05, 0) is 36.6 Å². The summed E-state index contributed by atoms with van der Waals surface area (Å²) in [6.07, 6.45) is 1.97. The minimum absolute atomic E-state index is 0.0831. The quantitative estimate of drug-likeness (QED) is 0.913. The molecule has 0 unspecified atom stereocenters. The van der Waals surface area contributed by atoms with Gasteiger partial charge in [-0.25, -0.2) is 0 Å². The van der Waals surface area contributed by atoms with Gasteiger partial charge < -0.3 is 10.2 Å². The van der Waals surface area contributed by atoms with E-state index in [1.165, 1.54) is 0 Å². The highest BCUT2D eigenvalue weighted by Crippen LogP contribution is 2.21. The van der Waals surface area contributed by atoms with Crippen LogP contribution in [0.1, 0.15) is 32.3 Å². The molecule has 1 saturated heterocycles. The van der Waals surface area contributed by atoms with Gasteiger partial charge in [0.25, 0.3) is 0 Å². The monoisotopic (exact) mass is 328 g/mol. The molecule has 1 aromatic carbocycles. The Bertz CT molecular complexity index is 497. The van der Waals surface area contributed by atoms with Crippen molar-refractivity contribution in [3.8, 4) is 0 Å². The van der Waals surface area contributed by atoms with E-state index in [0.717, 1.165) is 36.5 Å². The van der Waals surface area contributed by atoms with E-state index in [1.807, 2.05) is 30.9 Å². The van der Waals surface area contributed by atoms with Gasteiger partial charge in [0.15, 0.2) is 0 Å². The largest absolute Gasteiger partial charge is 0.342 e. The second-order valence-electron chi connectivity index (χ2n) is 5.87. The molecule has 1 aromatic rings. The van der Waals surface area contributed by atoms with Gasteiger partial charge in [0.2, 0.25) is 5.91 Å². The predicted octanol–water partition coefficient (Wildman–Crippen LogP) is 3.73. The first-order valence-corrected chi connectivity index (χ1v) is 8.19. The van der Waals surface area contributed by atoms with Crippen LogP contribution >= 0.6 is 23.2 Å². The number of rotatable bonds is 4. The number of halogens is 2. The van der Waals surface area contributed by atoms with Gasteiger partial charge in [-0.3, -0.25) is 4.79 Å². The van der Waals surface area contributed by atoms with E-state index in [1.54, 1.807) is 6.07 Å². The average Bonchev–Trinajstić information content (AvgIpc) is 2.48. The molecular weight excluding hydrogens is 307 g/mol. The third kappa shape index (κ3) is 4.60. The molecule has 3 nitrogen and oxygen atoms in total. The van der Waals surface area contributed by atoms with Crippen molar-refractivity contribution in [3.63, 3.8) is 0 Å². The lowest BCUT2D eigenvalue weighted by molar-refractivity contribution is -0.135. The first kappa shape index (κ1) is 16.6. The molecule has 0 atom stereocenters. The van der Waals surface area contributed by atoms with Crippen molar-refractivity contribution in [2.75, 3.05) is 13.1 Å². The number of piperidine rings is 1. The fourth-order valence-corrected chi connectivity index (χ4v) is 2.98. The van der Waals surface area contributed by atoms with Crippen LogP contribution in [0.25, 0.3) is 0 Å². The van der Waals surface area contributed by atoms with E-state index in [2.05, 4.69) is 5.32 Å². The van der Waals surface area contributed by atoms with E-state index in [4.69, 9.17) is 23.2 Å². The van der Waals surface area contributed by atoms with E-state index in [9.17, 15) is 4.79 Å². The van der Waals surface area contributed by atoms with Crippen LogP contribution in [0.2, 0.25) is 10.0 Å². The lowest BCUT2D eigenvalue weighted by Crippen LogP contribution is -2.46. The summed E-state index contributed by atoms with van der Waals surface area (Å²) in [6.45, 7) is 6.28. The van der Waals surface area contributed by atoms with E-state index < -0.39 is 0 Å². The number of hydrogen-bond donors (Lipinski definition) is 1. The molecular formula is C16H22Cl2N2O. The first-order valence-electron chi connectivity index (χ1n) is 7.43. The molecule has 0 aliphatic carbocycles. The van der Waals surface area contributed by atoms with Gasteiger partial charge >= 0.3 is 0 Å². The molecule has 0 aromatic heterocycles. The summed E-state index contributed by atoms with van der Waals surface area (Å²) in [7, 11) is 0. The zero-order valence-electron chi connectivity index (χ0n) is 12.5. The first-order chi connectivity index (χ1) is 9.97. The van der Waals surface area contributed by atoms with Crippen LogP contribution in [0.3, 0.4) is 0 Å². The Balaban J connectivity index is 1.81. The molecule has 1 N–H and O–H groups in total. The zero-order chi connectivity index (χ0) is 15.4. The van der Waals surface area contributed by atoms with Crippen LogP contribution in [0.15, 0.2) is 18.2 Å². The standard InChI is InChI=1S/C16H22Cl2N2O/c1-11(2)16(21)20-7-5-14(6-8-20)19-10-12-9-13(17)3-4-15(12)18/h3-4,9,11,14,19H,5-8,10H2,1-2H3.